The average molecular weight is 1480 g/mol. The Balaban J connectivity index is 0.957. The molecule has 18 nitrogen and oxygen atoms in total. The molecule has 4 atom stereocenters. The summed E-state index contributed by atoms with van der Waals surface area (Å²) in [4.78, 5) is 132. The summed E-state index contributed by atoms with van der Waals surface area (Å²) in [6.45, 7) is 6.68. The van der Waals surface area contributed by atoms with Gasteiger partial charge in [0.2, 0.25) is 29.5 Å². The van der Waals surface area contributed by atoms with Crippen LogP contribution in [0, 0.1) is 19.7 Å². The van der Waals surface area contributed by atoms with E-state index >= 15 is 0 Å². The number of amides is 8. The Kier molecular flexibility index (Phi) is 18.3. The number of carbonyl (C=O) groups is 9. The molecule has 4 heterocycles. The minimum absolute atomic E-state index is 0.128. The summed E-state index contributed by atoms with van der Waals surface area (Å²) in [5.74, 6) is -4.08. The molecule has 0 radical (unpaired) electrons. The molecule has 0 bridgehead atoms. The molecule has 4 saturated heterocycles. The van der Waals surface area contributed by atoms with Gasteiger partial charge in [0, 0.05) is 45.9 Å². The predicted octanol–water partition coefficient (Wildman–Crippen LogP) is 8.60. The first kappa shape index (κ1) is 57.2. The quantitative estimate of drug-likeness (QED) is 0.0781. The van der Waals surface area contributed by atoms with E-state index < -0.39 is 76.9 Å². The van der Waals surface area contributed by atoms with Crippen LogP contribution < -0.4 is 21.3 Å². The Morgan fingerprint density at radius 2 is 0.697 bits per heavy atom. The number of esters is 1. The monoisotopic (exact) mass is 1480 g/mol. The SMILES string of the molecule is COC(=O)c1cc(I)ccc1NC(=O)[C@H]1CCCN1C(=O)c1cc(I)ccc1NC(=O)[C@@H]1CCCN1C(=O)c1cc(I)ccc1NC(=O)[C@H]1CCCN1C(=O)c1cc(I)ccc1NC(=O)[C@@H]1CCCN1C(=O)C(C)(C)C. The van der Waals surface area contributed by atoms with Crippen LogP contribution in [0.1, 0.15) is 114 Å². The highest BCUT2D eigenvalue weighted by atomic mass is 127. The maximum absolute atomic E-state index is 14.7. The normalized spacial score (nSPS) is 19.3. The van der Waals surface area contributed by atoms with Crippen LogP contribution in [-0.4, -0.2) is 130 Å². The van der Waals surface area contributed by atoms with Crippen LogP contribution in [0.3, 0.4) is 0 Å². The third-order valence-corrected chi connectivity index (χ3v) is 16.6. The average Bonchev–Trinajstić information content (AvgIpc) is 4.26. The van der Waals surface area contributed by atoms with Gasteiger partial charge in [-0.2, -0.15) is 0 Å². The van der Waals surface area contributed by atoms with Crippen LogP contribution in [0.2, 0.25) is 0 Å². The summed E-state index contributed by atoms with van der Waals surface area (Å²) in [5, 5.41) is 11.6. The summed E-state index contributed by atoms with van der Waals surface area (Å²) in [6, 6.07) is 16.6. The van der Waals surface area contributed by atoms with Gasteiger partial charge in [0.05, 0.1) is 52.1 Å². The molecule has 4 aliphatic rings. The Hall–Kier alpha value is -4.97. The molecule has 4 aromatic rings. The minimum Gasteiger partial charge on any atom is -0.465 e. The number of nitrogens with zero attached hydrogens (tertiary/aromatic N) is 4. The molecular formula is C54H56I4N8O10. The summed E-state index contributed by atoms with van der Waals surface area (Å²) >= 11 is 8.30. The Labute approximate surface area is 494 Å². The second kappa shape index (κ2) is 24.4. The van der Waals surface area contributed by atoms with E-state index in [1.165, 1.54) is 21.8 Å². The molecule has 0 aromatic heterocycles. The zero-order valence-corrected chi connectivity index (χ0v) is 50.7. The second-order valence-corrected chi connectivity index (χ2v) is 25.1. The van der Waals surface area contributed by atoms with Crippen molar-refractivity contribution in [3.63, 3.8) is 0 Å². The largest absolute Gasteiger partial charge is 0.465 e. The number of hydrogen-bond donors (Lipinski definition) is 4. The van der Waals surface area contributed by atoms with Gasteiger partial charge in [-0.3, -0.25) is 38.4 Å². The molecule has 8 amide bonds. The lowest BCUT2D eigenvalue weighted by Crippen LogP contribution is -2.47. The van der Waals surface area contributed by atoms with E-state index in [2.05, 4.69) is 112 Å². The van der Waals surface area contributed by atoms with E-state index in [4.69, 9.17) is 4.74 Å². The molecule has 400 valence electrons. The number of ether oxygens (including phenoxy) is 1. The van der Waals surface area contributed by atoms with Crippen LogP contribution in [-0.2, 0) is 28.7 Å². The first-order chi connectivity index (χ1) is 36.1. The molecule has 0 aliphatic carbocycles. The highest BCUT2D eigenvalue weighted by Gasteiger charge is 2.42. The van der Waals surface area contributed by atoms with Gasteiger partial charge in [0.1, 0.15) is 24.2 Å². The van der Waals surface area contributed by atoms with Crippen molar-refractivity contribution in [2.45, 2.75) is 96.3 Å². The highest BCUT2D eigenvalue weighted by molar-refractivity contribution is 14.1. The van der Waals surface area contributed by atoms with Gasteiger partial charge in [-0.15, -0.1) is 0 Å². The molecule has 0 unspecified atom stereocenters. The van der Waals surface area contributed by atoms with Crippen LogP contribution in [0.5, 0.6) is 0 Å². The van der Waals surface area contributed by atoms with Gasteiger partial charge in [0.15, 0.2) is 0 Å². The summed E-state index contributed by atoms with van der Waals surface area (Å²) < 4.78 is 7.85. The van der Waals surface area contributed by atoms with Crippen LogP contribution in [0.4, 0.5) is 22.7 Å². The van der Waals surface area contributed by atoms with Crippen molar-refractivity contribution in [2.75, 3.05) is 54.6 Å². The molecule has 4 aromatic carbocycles. The third kappa shape index (κ3) is 12.6. The number of halogens is 4. The zero-order valence-electron chi connectivity index (χ0n) is 42.1. The lowest BCUT2D eigenvalue weighted by Gasteiger charge is -2.30. The van der Waals surface area contributed by atoms with E-state index in [1.807, 2.05) is 20.8 Å². The van der Waals surface area contributed by atoms with Crippen LogP contribution in [0.15, 0.2) is 72.8 Å². The summed E-state index contributed by atoms with van der Waals surface area (Å²) in [6.07, 6.45) is 3.78. The highest BCUT2D eigenvalue weighted by Crippen LogP contribution is 2.33. The van der Waals surface area contributed by atoms with E-state index in [-0.39, 0.29) is 70.5 Å². The van der Waals surface area contributed by atoms with Crippen molar-refractivity contribution >= 4 is 166 Å². The number of methoxy groups -OCH3 is 1. The fourth-order valence-electron chi connectivity index (χ4n) is 10.2. The standard InChI is InChI=1S/C54H56I4N8O10/c1-54(2,3)53(75)66-24-8-12-44(66)48(70)61-39-19-15-31(57)27-35(39)51(73)64-22-6-10-42(64)46(68)59-37-17-13-29(55)25-33(37)49(71)63-21-5-9-41(63)45(67)60-38-18-14-30(56)26-34(38)50(72)65-23-7-11-43(65)47(69)62-40-20-16-32(58)28-36(40)52(74)76-4/h13-20,25-28,41-44H,5-12,21-24H2,1-4H3,(H,59,68)(H,60,67)(H,61,70)(H,62,69)/t41-,42+,43+,44-/m0/s1. The Morgan fingerprint density at radius 1 is 0.434 bits per heavy atom. The molecule has 4 aliphatic heterocycles. The molecule has 4 fully saturated rings. The fourth-order valence-corrected chi connectivity index (χ4v) is 12.2. The summed E-state index contributed by atoms with van der Waals surface area (Å²) in [7, 11) is 1.25. The molecule has 0 spiro atoms. The van der Waals surface area contributed by atoms with Gasteiger partial charge in [-0.25, -0.2) is 4.79 Å². The smallest absolute Gasteiger partial charge is 0.340 e. The van der Waals surface area contributed by atoms with Crippen molar-refractivity contribution in [1.29, 1.82) is 0 Å². The molecule has 4 N–H and O–H groups in total. The van der Waals surface area contributed by atoms with Crippen LogP contribution >= 0.6 is 90.4 Å². The van der Waals surface area contributed by atoms with E-state index in [9.17, 15) is 43.2 Å². The minimum atomic E-state index is -0.943. The van der Waals surface area contributed by atoms with Crippen molar-refractivity contribution in [2.24, 2.45) is 5.41 Å². The van der Waals surface area contributed by atoms with E-state index in [0.717, 1.165) is 7.14 Å². The van der Waals surface area contributed by atoms with Crippen molar-refractivity contribution in [3.05, 3.63) is 109 Å². The zero-order chi connectivity index (χ0) is 54.7. The Morgan fingerprint density at radius 3 is 0.987 bits per heavy atom. The lowest BCUT2D eigenvalue weighted by atomic mass is 9.94. The predicted molar refractivity (Wildman–Crippen MR) is 319 cm³/mol. The summed E-state index contributed by atoms with van der Waals surface area (Å²) in [5.41, 5.74) is 0.944. The van der Waals surface area contributed by atoms with Crippen molar-refractivity contribution in [1.82, 2.24) is 19.6 Å². The molecule has 8 rings (SSSR count). The number of nitrogens with one attached hydrogen (secondary N) is 4. The number of likely N-dealkylation sites (tertiary alicyclic amines) is 4. The van der Waals surface area contributed by atoms with Gasteiger partial charge in [-0.05, 0) is 215 Å². The lowest BCUT2D eigenvalue weighted by molar-refractivity contribution is -0.143. The van der Waals surface area contributed by atoms with Gasteiger partial charge in [-0.1, -0.05) is 20.8 Å². The first-order valence-electron chi connectivity index (χ1n) is 24.9. The van der Waals surface area contributed by atoms with Gasteiger partial charge < -0.3 is 45.6 Å². The molecule has 22 heteroatoms. The van der Waals surface area contributed by atoms with Crippen molar-refractivity contribution in [3.8, 4) is 0 Å². The van der Waals surface area contributed by atoms with E-state index in [0.29, 0.717) is 65.1 Å². The van der Waals surface area contributed by atoms with Crippen molar-refractivity contribution < 1.29 is 47.9 Å². The molecule has 0 saturated carbocycles. The number of rotatable bonds is 12. The number of carbonyl (C=O) groups excluding carboxylic acids is 9. The number of hydrogen-bond acceptors (Lipinski definition) is 10. The topological polar surface area (TPSA) is 224 Å². The maximum atomic E-state index is 14.7. The van der Waals surface area contributed by atoms with Gasteiger partial charge in [0.25, 0.3) is 17.7 Å². The number of benzene rings is 4. The maximum Gasteiger partial charge on any atom is 0.340 e. The third-order valence-electron chi connectivity index (χ3n) is 14.0. The van der Waals surface area contributed by atoms with Crippen LogP contribution in [0.25, 0.3) is 0 Å². The molecule has 76 heavy (non-hydrogen) atoms. The first-order valence-corrected chi connectivity index (χ1v) is 29.2. The second-order valence-electron chi connectivity index (χ2n) is 20.1. The Bertz CT molecular complexity index is 3040. The molecular weight excluding hydrogens is 1430 g/mol. The fraction of sp³-hybridized carbons (Fsp3) is 0.389. The van der Waals surface area contributed by atoms with Gasteiger partial charge >= 0.3 is 5.97 Å². The van der Waals surface area contributed by atoms with E-state index in [1.54, 1.807) is 77.7 Å². The number of anilines is 4.